The zero-order valence-electron chi connectivity index (χ0n) is 30.8. The number of nitriles is 1. The molecule has 2 aliphatic rings. The Hall–Kier alpha value is -6.00. The number of likely N-dealkylation sites (tertiary alicyclic amines) is 1. The molecule has 0 unspecified atom stereocenters. The highest BCUT2D eigenvalue weighted by atomic mass is 19.3. The number of ether oxygens (including phenoxy) is 1. The summed E-state index contributed by atoms with van der Waals surface area (Å²) in [4.78, 5) is 48.8. The van der Waals surface area contributed by atoms with E-state index in [1.54, 1.807) is 18.3 Å². The fraction of sp³-hybridized carbons (Fsp3) is 0.349. The van der Waals surface area contributed by atoms with Crippen LogP contribution in [0.25, 0.3) is 32.8 Å². The Balaban J connectivity index is 1.02. The van der Waals surface area contributed by atoms with Gasteiger partial charge in [-0.15, -0.1) is 0 Å². The normalized spacial score (nSPS) is 19.6. The van der Waals surface area contributed by atoms with Crippen molar-refractivity contribution in [3.63, 3.8) is 0 Å². The Morgan fingerprint density at radius 1 is 0.964 bits per heavy atom. The molecular weight excluding hydrogens is 717 g/mol. The first-order chi connectivity index (χ1) is 27.1. The maximum Gasteiger partial charge on any atom is 0.268 e. The van der Waals surface area contributed by atoms with Gasteiger partial charge in [0.1, 0.15) is 18.4 Å². The number of nitrogens with one attached hydrogen (secondary N) is 2. The molecule has 2 atom stereocenters. The van der Waals surface area contributed by atoms with Gasteiger partial charge in [-0.1, -0.05) is 36.4 Å². The van der Waals surface area contributed by atoms with E-state index in [4.69, 9.17) is 10.5 Å². The fourth-order valence-corrected chi connectivity index (χ4v) is 7.69. The number of fused-ring (bicyclic) bond motifs is 2. The van der Waals surface area contributed by atoms with Crippen LogP contribution in [0.1, 0.15) is 48.0 Å². The number of aromatic nitrogens is 2. The van der Waals surface area contributed by atoms with Gasteiger partial charge < -0.3 is 26.0 Å². The molecule has 0 bridgehead atoms. The van der Waals surface area contributed by atoms with Gasteiger partial charge in [0.2, 0.25) is 11.8 Å². The van der Waals surface area contributed by atoms with E-state index in [2.05, 4.69) is 32.7 Å². The Kier molecular flexibility index (Phi) is 11.5. The summed E-state index contributed by atoms with van der Waals surface area (Å²) in [6.45, 7) is -0.473. The number of carbonyl (C=O) groups excluding carboxylic acids is 3. The van der Waals surface area contributed by atoms with Crippen LogP contribution >= 0.6 is 0 Å². The summed E-state index contributed by atoms with van der Waals surface area (Å²) in [6, 6.07) is 23.0. The summed E-state index contributed by atoms with van der Waals surface area (Å²) in [5.74, 6) is -3.37. The van der Waals surface area contributed by atoms with Crippen LogP contribution in [0.3, 0.4) is 0 Å². The van der Waals surface area contributed by atoms with Gasteiger partial charge in [0.05, 0.1) is 36.3 Å². The Morgan fingerprint density at radius 2 is 1.75 bits per heavy atom. The second kappa shape index (κ2) is 16.8. The van der Waals surface area contributed by atoms with E-state index in [1.165, 1.54) is 12.3 Å². The van der Waals surface area contributed by atoms with Crippen molar-refractivity contribution < 1.29 is 27.9 Å². The molecule has 3 amide bonds. The highest BCUT2D eigenvalue weighted by Crippen LogP contribution is 2.32. The molecule has 56 heavy (non-hydrogen) atoms. The van der Waals surface area contributed by atoms with Crippen LogP contribution in [0.15, 0.2) is 91.4 Å². The van der Waals surface area contributed by atoms with Crippen molar-refractivity contribution in [2.24, 2.45) is 17.6 Å². The predicted octanol–water partition coefficient (Wildman–Crippen LogP) is 5.81. The van der Waals surface area contributed by atoms with Crippen molar-refractivity contribution in [2.45, 2.75) is 56.5 Å². The molecule has 13 heteroatoms. The molecule has 1 saturated heterocycles. The number of benzene rings is 3. The number of amides is 3. The number of hydrogen-bond acceptors (Lipinski definition) is 8. The molecule has 11 nitrogen and oxygen atoms in total. The lowest BCUT2D eigenvalue weighted by atomic mass is 9.81. The average Bonchev–Trinajstić information content (AvgIpc) is 3.55. The van der Waals surface area contributed by atoms with E-state index in [-0.39, 0.29) is 30.0 Å². The third kappa shape index (κ3) is 8.92. The zero-order chi connectivity index (χ0) is 39.2. The zero-order valence-corrected chi connectivity index (χ0v) is 30.8. The van der Waals surface area contributed by atoms with Crippen molar-refractivity contribution in [3.05, 3.63) is 103 Å². The molecule has 2 fully saturated rings. The summed E-state index contributed by atoms with van der Waals surface area (Å²) < 4.78 is 34.0. The number of carbonyl (C=O) groups is 3. The first-order valence-corrected chi connectivity index (χ1v) is 18.9. The van der Waals surface area contributed by atoms with Crippen LogP contribution in [0.2, 0.25) is 0 Å². The van der Waals surface area contributed by atoms with Crippen LogP contribution in [-0.2, 0) is 16.0 Å². The topological polar surface area (TPSA) is 163 Å². The van der Waals surface area contributed by atoms with Crippen molar-refractivity contribution in [1.82, 2.24) is 25.5 Å². The summed E-state index contributed by atoms with van der Waals surface area (Å²) >= 11 is 0. The van der Waals surface area contributed by atoms with Crippen LogP contribution in [0.5, 0.6) is 5.75 Å². The van der Waals surface area contributed by atoms with Crippen LogP contribution in [0.4, 0.5) is 8.78 Å². The first kappa shape index (κ1) is 38.3. The third-order valence-electron chi connectivity index (χ3n) is 10.8. The molecule has 0 radical (unpaired) electrons. The second-order valence-electron chi connectivity index (χ2n) is 14.8. The van der Waals surface area contributed by atoms with Gasteiger partial charge in [0, 0.05) is 41.7 Å². The van der Waals surface area contributed by atoms with Gasteiger partial charge in [-0.2, -0.15) is 5.26 Å². The number of pyridine rings is 2. The largest absolute Gasteiger partial charge is 0.491 e. The van der Waals surface area contributed by atoms with Gasteiger partial charge >= 0.3 is 0 Å². The minimum Gasteiger partial charge on any atom is -0.491 e. The summed E-state index contributed by atoms with van der Waals surface area (Å²) in [5, 5.41) is 17.7. The van der Waals surface area contributed by atoms with E-state index in [0.717, 1.165) is 58.0 Å². The number of nitrogens with zero attached hydrogens (tertiary/aromatic N) is 4. The van der Waals surface area contributed by atoms with Gasteiger partial charge in [-0.3, -0.25) is 24.4 Å². The maximum atomic E-state index is 13.9. The minimum atomic E-state index is -3.15. The molecule has 1 aliphatic heterocycles. The quantitative estimate of drug-likeness (QED) is 0.144. The molecule has 1 saturated carbocycles. The highest BCUT2D eigenvalue weighted by molar-refractivity contribution is 6.07. The number of hydrogen-bond donors (Lipinski definition) is 3. The van der Waals surface area contributed by atoms with E-state index < -0.39 is 43.3 Å². The monoisotopic (exact) mass is 759 g/mol. The Bertz CT molecular complexity index is 2270. The second-order valence-corrected chi connectivity index (χ2v) is 14.8. The molecule has 3 heterocycles. The molecule has 7 rings (SSSR count). The fourth-order valence-electron chi connectivity index (χ4n) is 7.69. The molecule has 4 N–H and O–H groups in total. The van der Waals surface area contributed by atoms with E-state index >= 15 is 0 Å². The molecule has 0 spiro atoms. The first-order valence-electron chi connectivity index (χ1n) is 18.9. The molecule has 1 aliphatic carbocycles. The van der Waals surface area contributed by atoms with Gasteiger partial charge in [-0.25, -0.2) is 8.78 Å². The molecule has 2 aromatic heterocycles. The van der Waals surface area contributed by atoms with E-state index in [9.17, 15) is 28.4 Å². The molecular formula is C43H43F2N7O4. The predicted molar refractivity (Wildman–Crippen MR) is 208 cm³/mol. The molecule has 5 aromatic rings. The lowest BCUT2D eigenvalue weighted by Gasteiger charge is -2.28. The van der Waals surface area contributed by atoms with Crippen LogP contribution in [0, 0.1) is 23.2 Å². The summed E-state index contributed by atoms with van der Waals surface area (Å²) in [6.07, 6.45) is 8.51. The van der Waals surface area contributed by atoms with Crippen molar-refractivity contribution in [1.29, 1.82) is 5.26 Å². The van der Waals surface area contributed by atoms with Crippen molar-refractivity contribution in [2.75, 3.05) is 26.2 Å². The van der Waals surface area contributed by atoms with Crippen LogP contribution < -0.4 is 21.1 Å². The SMILES string of the molecule is N#C[C@@H]1CC(F)(F)CN1C(=O)CNC(=O)c1ccnc2ccc(-c3ccc(OC[C@@H](Cc4ccc5cnccc5c4)NC(=O)C4CCC(CN)CC4)cc3)cc12. The smallest absolute Gasteiger partial charge is 0.268 e. The number of halogens is 2. The van der Waals surface area contributed by atoms with Gasteiger partial charge in [0.25, 0.3) is 11.8 Å². The lowest BCUT2D eigenvalue weighted by Crippen LogP contribution is -2.44. The van der Waals surface area contributed by atoms with Crippen LogP contribution in [-0.4, -0.2) is 76.8 Å². The molecule has 288 valence electrons. The Labute approximate surface area is 323 Å². The van der Waals surface area contributed by atoms with Gasteiger partial charge in [0.15, 0.2) is 0 Å². The van der Waals surface area contributed by atoms with Crippen molar-refractivity contribution in [3.8, 4) is 22.9 Å². The summed E-state index contributed by atoms with van der Waals surface area (Å²) in [7, 11) is 0. The minimum absolute atomic E-state index is 0.0449. The average molecular weight is 760 g/mol. The Morgan fingerprint density at radius 3 is 2.52 bits per heavy atom. The van der Waals surface area contributed by atoms with E-state index in [0.29, 0.717) is 35.5 Å². The standard InChI is InChI=1S/C43H43F2N7O4/c44-43(45)20-35(22-47)52(26-43)40(53)24-50-42(55)37-14-16-49-39-12-9-31(19-38(37)39)29-7-10-36(11-8-29)56-25-34(51-41(54)30-4-1-27(21-46)2-5-30)18-28-3-6-33-23-48-15-13-32(33)17-28/h3,6-17,19,23,27,30,34-35H,1-2,4-5,18,20-21,24-26,46H2,(H,50,55)(H,51,54)/t27?,30?,34-,35+/m1/s1. The highest BCUT2D eigenvalue weighted by Gasteiger charge is 2.47. The molecule has 3 aromatic carbocycles. The van der Waals surface area contributed by atoms with Crippen molar-refractivity contribution >= 4 is 39.4 Å². The van der Waals surface area contributed by atoms with Gasteiger partial charge in [-0.05, 0) is 103 Å². The number of nitrogens with two attached hydrogens (primary N) is 1. The number of rotatable bonds is 12. The maximum absolute atomic E-state index is 13.9. The number of alkyl halides is 2. The third-order valence-corrected chi connectivity index (χ3v) is 10.8. The van der Waals surface area contributed by atoms with E-state index in [1.807, 2.05) is 54.7 Å². The summed E-state index contributed by atoms with van der Waals surface area (Å²) in [5.41, 5.74) is 9.43. The lowest BCUT2D eigenvalue weighted by molar-refractivity contribution is -0.131.